The van der Waals surface area contributed by atoms with Crippen molar-refractivity contribution in [2.24, 2.45) is 5.73 Å². The molecule has 1 heterocycles. The van der Waals surface area contributed by atoms with E-state index in [4.69, 9.17) is 10.5 Å². The summed E-state index contributed by atoms with van der Waals surface area (Å²) in [6, 6.07) is -0.661. The van der Waals surface area contributed by atoms with E-state index in [-0.39, 0.29) is 24.1 Å². The van der Waals surface area contributed by atoms with Gasteiger partial charge in [-0.1, -0.05) is 0 Å². The SMILES string of the molecule is CS(=O)(=O)CCC(N)C(=O)CCC1CCCO1. The molecule has 17 heavy (non-hydrogen) atoms. The van der Waals surface area contributed by atoms with Crippen molar-refractivity contribution in [1.29, 1.82) is 0 Å². The van der Waals surface area contributed by atoms with Crippen LogP contribution in [-0.2, 0) is 19.4 Å². The van der Waals surface area contributed by atoms with Gasteiger partial charge in [0, 0.05) is 19.3 Å². The number of carbonyl (C=O) groups is 1. The van der Waals surface area contributed by atoms with E-state index < -0.39 is 15.9 Å². The molecule has 0 saturated carbocycles. The molecule has 1 fully saturated rings. The molecule has 0 amide bonds. The second kappa shape index (κ2) is 6.47. The van der Waals surface area contributed by atoms with Gasteiger partial charge in [0.25, 0.3) is 0 Å². The van der Waals surface area contributed by atoms with Crippen LogP contribution < -0.4 is 5.73 Å². The number of ether oxygens (including phenoxy) is 1. The first-order valence-corrected chi connectivity index (χ1v) is 8.02. The Morgan fingerprint density at radius 1 is 1.53 bits per heavy atom. The Morgan fingerprint density at radius 3 is 2.76 bits per heavy atom. The summed E-state index contributed by atoms with van der Waals surface area (Å²) in [5, 5.41) is 0. The Bertz CT molecular complexity index is 346. The smallest absolute Gasteiger partial charge is 0.149 e. The van der Waals surface area contributed by atoms with Crippen molar-refractivity contribution in [3.8, 4) is 0 Å². The molecule has 5 nitrogen and oxygen atoms in total. The van der Waals surface area contributed by atoms with Crippen LogP contribution in [-0.4, -0.2) is 45.0 Å². The fourth-order valence-electron chi connectivity index (χ4n) is 1.86. The van der Waals surface area contributed by atoms with E-state index in [0.717, 1.165) is 25.7 Å². The molecule has 0 bridgehead atoms. The zero-order valence-electron chi connectivity index (χ0n) is 10.2. The fourth-order valence-corrected chi connectivity index (χ4v) is 2.54. The maximum absolute atomic E-state index is 11.6. The minimum atomic E-state index is -3.04. The number of hydrogen-bond donors (Lipinski definition) is 1. The largest absolute Gasteiger partial charge is 0.378 e. The Balaban J connectivity index is 2.21. The van der Waals surface area contributed by atoms with E-state index in [1.807, 2.05) is 0 Å². The van der Waals surface area contributed by atoms with Gasteiger partial charge >= 0.3 is 0 Å². The van der Waals surface area contributed by atoms with Crippen LogP contribution in [0, 0.1) is 0 Å². The zero-order chi connectivity index (χ0) is 12.9. The maximum Gasteiger partial charge on any atom is 0.149 e. The van der Waals surface area contributed by atoms with Gasteiger partial charge in [0.15, 0.2) is 0 Å². The standard InChI is InChI=1S/C11H21NO4S/c1-17(14,15)8-6-10(12)11(13)5-4-9-3-2-7-16-9/h9-10H,2-8,12H2,1H3. The average Bonchev–Trinajstić information content (AvgIpc) is 2.74. The summed E-state index contributed by atoms with van der Waals surface area (Å²) in [5.74, 6) is -0.0935. The van der Waals surface area contributed by atoms with E-state index in [1.54, 1.807) is 0 Å². The highest BCUT2D eigenvalue weighted by molar-refractivity contribution is 7.90. The molecule has 100 valence electrons. The van der Waals surface area contributed by atoms with Crippen LogP contribution in [0.15, 0.2) is 0 Å². The third-order valence-corrected chi connectivity index (χ3v) is 3.93. The van der Waals surface area contributed by atoms with Crippen molar-refractivity contribution in [2.75, 3.05) is 18.6 Å². The van der Waals surface area contributed by atoms with Gasteiger partial charge in [0.2, 0.25) is 0 Å². The molecule has 1 aliphatic heterocycles. The number of rotatable bonds is 7. The third-order valence-electron chi connectivity index (χ3n) is 2.95. The second-order valence-corrected chi connectivity index (χ2v) is 6.92. The molecule has 0 aromatic carbocycles. The monoisotopic (exact) mass is 263 g/mol. The van der Waals surface area contributed by atoms with Crippen LogP contribution in [0.4, 0.5) is 0 Å². The van der Waals surface area contributed by atoms with Crippen LogP contribution in [0.3, 0.4) is 0 Å². The molecule has 0 aromatic heterocycles. The molecule has 0 radical (unpaired) electrons. The van der Waals surface area contributed by atoms with Gasteiger partial charge in [0.05, 0.1) is 17.9 Å². The topological polar surface area (TPSA) is 86.5 Å². The molecule has 1 aliphatic rings. The van der Waals surface area contributed by atoms with Crippen molar-refractivity contribution in [1.82, 2.24) is 0 Å². The molecule has 6 heteroatoms. The summed E-state index contributed by atoms with van der Waals surface area (Å²) in [7, 11) is -3.04. The molecular weight excluding hydrogens is 242 g/mol. The van der Waals surface area contributed by atoms with Gasteiger partial charge < -0.3 is 10.5 Å². The highest BCUT2D eigenvalue weighted by atomic mass is 32.2. The van der Waals surface area contributed by atoms with Gasteiger partial charge in [-0.15, -0.1) is 0 Å². The van der Waals surface area contributed by atoms with E-state index in [0.29, 0.717) is 12.8 Å². The first-order chi connectivity index (χ1) is 7.88. The fraction of sp³-hybridized carbons (Fsp3) is 0.909. The molecule has 1 rings (SSSR count). The van der Waals surface area contributed by atoms with E-state index in [2.05, 4.69) is 0 Å². The second-order valence-electron chi connectivity index (χ2n) is 4.67. The van der Waals surface area contributed by atoms with Crippen LogP contribution >= 0.6 is 0 Å². The van der Waals surface area contributed by atoms with Gasteiger partial charge in [0.1, 0.15) is 15.6 Å². The summed E-state index contributed by atoms with van der Waals surface area (Å²) in [4.78, 5) is 11.6. The third kappa shape index (κ3) is 6.14. The number of hydrogen-bond acceptors (Lipinski definition) is 5. The number of Topliss-reactive ketones (excluding diaryl/α,β-unsaturated/α-hetero) is 1. The van der Waals surface area contributed by atoms with E-state index in [9.17, 15) is 13.2 Å². The van der Waals surface area contributed by atoms with Crippen LogP contribution in [0.2, 0.25) is 0 Å². The summed E-state index contributed by atoms with van der Waals surface area (Å²) in [5.41, 5.74) is 5.65. The minimum absolute atomic E-state index is 0.0279. The predicted octanol–water partition coefficient (Wildman–Crippen LogP) is 0.277. The lowest BCUT2D eigenvalue weighted by molar-refractivity contribution is -0.120. The number of carbonyl (C=O) groups excluding carboxylic acids is 1. The normalized spacial score (nSPS) is 22.6. The Hall–Kier alpha value is -0.460. The van der Waals surface area contributed by atoms with Gasteiger partial charge in [-0.05, 0) is 25.7 Å². The number of nitrogens with two attached hydrogens (primary N) is 1. The lowest BCUT2D eigenvalue weighted by Gasteiger charge is -2.12. The summed E-state index contributed by atoms with van der Waals surface area (Å²) >= 11 is 0. The van der Waals surface area contributed by atoms with Gasteiger partial charge in [-0.25, -0.2) is 8.42 Å². The molecule has 0 spiro atoms. The Morgan fingerprint density at radius 2 is 2.24 bits per heavy atom. The van der Waals surface area contributed by atoms with E-state index >= 15 is 0 Å². The predicted molar refractivity (Wildman–Crippen MR) is 65.5 cm³/mol. The maximum atomic E-state index is 11.6. The molecule has 0 aromatic rings. The van der Waals surface area contributed by atoms with Gasteiger partial charge in [-0.2, -0.15) is 0 Å². The molecule has 0 aliphatic carbocycles. The van der Waals surface area contributed by atoms with Crippen molar-refractivity contribution in [2.45, 2.75) is 44.2 Å². The van der Waals surface area contributed by atoms with Crippen LogP contribution in [0.1, 0.15) is 32.1 Å². The molecular formula is C11H21NO4S. The highest BCUT2D eigenvalue weighted by Crippen LogP contribution is 2.17. The Labute approximate surface area is 103 Å². The minimum Gasteiger partial charge on any atom is -0.378 e. The first kappa shape index (κ1) is 14.6. The zero-order valence-corrected chi connectivity index (χ0v) is 11.0. The molecule has 2 unspecified atom stereocenters. The van der Waals surface area contributed by atoms with Gasteiger partial charge in [-0.3, -0.25) is 4.79 Å². The van der Waals surface area contributed by atoms with E-state index in [1.165, 1.54) is 0 Å². The summed E-state index contributed by atoms with van der Waals surface area (Å²) in [6.07, 6.45) is 4.69. The lowest BCUT2D eigenvalue weighted by Crippen LogP contribution is -2.33. The van der Waals surface area contributed by atoms with Crippen molar-refractivity contribution in [3.63, 3.8) is 0 Å². The highest BCUT2D eigenvalue weighted by Gasteiger charge is 2.20. The van der Waals surface area contributed by atoms with Crippen molar-refractivity contribution >= 4 is 15.6 Å². The molecule has 1 saturated heterocycles. The van der Waals surface area contributed by atoms with Crippen molar-refractivity contribution < 1.29 is 17.9 Å². The van der Waals surface area contributed by atoms with Crippen molar-refractivity contribution in [3.05, 3.63) is 0 Å². The average molecular weight is 263 g/mol. The quantitative estimate of drug-likeness (QED) is 0.713. The summed E-state index contributed by atoms with van der Waals surface area (Å²) in [6.45, 7) is 0.777. The molecule has 2 atom stereocenters. The Kier molecular flexibility index (Phi) is 5.55. The first-order valence-electron chi connectivity index (χ1n) is 5.96. The summed E-state index contributed by atoms with van der Waals surface area (Å²) < 4.78 is 27.3. The molecule has 2 N–H and O–H groups in total. The van der Waals surface area contributed by atoms with Crippen LogP contribution in [0.25, 0.3) is 0 Å². The number of sulfone groups is 1. The number of ketones is 1. The van der Waals surface area contributed by atoms with Crippen LogP contribution in [0.5, 0.6) is 0 Å². The lowest BCUT2D eigenvalue weighted by atomic mass is 10.0.